The monoisotopic (exact) mass is 403 g/mol. The van der Waals surface area contributed by atoms with Gasteiger partial charge in [0, 0.05) is 37.2 Å². The van der Waals surface area contributed by atoms with Crippen LogP contribution in [0.25, 0.3) is 0 Å². The van der Waals surface area contributed by atoms with Crippen LogP contribution in [0.3, 0.4) is 0 Å². The minimum atomic E-state index is -0.999. The molecular weight excluding hydrogens is 394 g/mol. The van der Waals surface area contributed by atoms with Gasteiger partial charge in [-0.3, -0.25) is 4.79 Å². The van der Waals surface area contributed by atoms with Crippen LogP contribution in [-0.2, 0) is 4.79 Å². The van der Waals surface area contributed by atoms with Crippen LogP contribution < -0.4 is 5.23 Å². The van der Waals surface area contributed by atoms with Crippen molar-refractivity contribution >= 4 is 59.5 Å². The van der Waals surface area contributed by atoms with Crippen molar-refractivity contribution < 1.29 is 14.9 Å². The third kappa shape index (κ3) is 11.3. The summed E-state index contributed by atoms with van der Waals surface area (Å²) >= 11 is 4.24. The van der Waals surface area contributed by atoms with Gasteiger partial charge in [-0.1, -0.05) is 0 Å². The molecular formula is C3H9BI2NO3P. The second-order valence-corrected chi connectivity index (χ2v) is 2.33. The molecule has 0 heterocycles. The lowest BCUT2D eigenvalue weighted by atomic mass is 9.89. The summed E-state index contributed by atoms with van der Waals surface area (Å²) in [6, 6.07) is 0. The molecule has 0 saturated carbocycles. The van der Waals surface area contributed by atoms with E-state index in [0.717, 1.165) is 0 Å². The van der Waals surface area contributed by atoms with Crippen molar-refractivity contribution in [2.24, 2.45) is 0 Å². The van der Waals surface area contributed by atoms with Gasteiger partial charge in [-0.25, -0.2) is 0 Å². The molecule has 2 unspecified atom stereocenters. The van der Waals surface area contributed by atoms with Crippen molar-refractivity contribution in [3.8, 4) is 0 Å². The van der Waals surface area contributed by atoms with Gasteiger partial charge in [-0.2, -0.15) is 0 Å². The number of rotatable bonds is 3. The summed E-state index contributed by atoms with van der Waals surface area (Å²) in [4.78, 5) is 10.0. The van der Waals surface area contributed by atoms with Crippen LogP contribution in [0.5, 0.6) is 0 Å². The van der Waals surface area contributed by atoms with Gasteiger partial charge >= 0.3 is 13.0 Å². The Bertz CT molecular complexity index is 117. The minimum Gasteiger partial charge on any atom is -0.480 e. The normalized spacial score (nSPS) is 11.0. The average molecular weight is 403 g/mol. The van der Waals surface area contributed by atoms with E-state index < -0.39 is 18.8 Å². The van der Waals surface area contributed by atoms with Crippen LogP contribution in [-0.4, -0.2) is 28.9 Å². The first-order valence-corrected chi connectivity index (χ1v) is 9.56. The van der Waals surface area contributed by atoms with Crippen LogP contribution in [0.15, 0.2) is 0 Å². The van der Waals surface area contributed by atoms with Gasteiger partial charge in [0.25, 0.3) is 0 Å². The Hall–Kier alpha value is 1.34. The van der Waals surface area contributed by atoms with Gasteiger partial charge in [0.2, 0.25) is 0 Å². The zero-order valence-electron chi connectivity index (χ0n) is 5.79. The van der Waals surface area contributed by atoms with Crippen LogP contribution in [0.2, 0.25) is 6.82 Å². The molecule has 66 valence electrons. The molecule has 0 bridgehead atoms. The lowest BCUT2D eigenvalue weighted by molar-refractivity contribution is -0.136. The van der Waals surface area contributed by atoms with Crippen LogP contribution in [0.1, 0.15) is 0 Å². The van der Waals surface area contributed by atoms with Crippen LogP contribution >= 0.6 is 46.5 Å². The molecule has 0 aliphatic carbocycles. The molecule has 0 fully saturated rings. The lowest BCUT2D eigenvalue weighted by Gasteiger charge is -2.07. The zero-order chi connectivity index (χ0) is 9.44. The molecule has 4 nitrogen and oxygen atoms in total. The summed E-state index contributed by atoms with van der Waals surface area (Å²) in [7, 11) is 1.26. The molecule has 0 aromatic rings. The summed E-state index contributed by atoms with van der Waals surface area (Å²) in [6.45, 7) is 1.46. The van der Waals surface area contributed by atoms with Crippen molar-refractivity contribution in [2.75, 3.05) is 0 Å². The summed E-state index contributed by atoms with van der Waals surface area (Å²) in [5.41, 5.74) is 0. The Morgan fingerprint density at radius 3 is 2.18 bits per heavy atom. The smallest absolute Gasteiger partial charge is 0.374 e. The highest BCUT2D eigenvalue weighted by molar-refractivity contribution is 15.0. The zero-order valence-corrected chi connectivity index (χ0v) is 11.3. The van der Waals surface area contributed by atoms with E-state index in [1.807, 2.05) is 9.24 Å². The number of hydrogen-bond acceptors (Lipinski definition) is 3. The van der Waals surface area contributed by atoms with E-state index in [9.17, 15) is 4.79 Å². The van der Waals surface area contributed by atoms with Gasteiger partial charge in [0.1, 0.15) is 5.78 Å². The van der Waals surface area contributed by atoms with Gasteiger partial charge in [-0.05, 0) is 6.82 Å². The van der Waals surface area contributed by atoms with E-state index in [1.54, 1.807) is 0 Å². The minimum absolute atomic E-state index is 0.773. The first-order chi connectivity index (χ1) is 5.04. The number of carbonyl (C=O) groups is 1. The largest absolute Gasteiger partial charge is 0.480 e. The van der Waals surface area contributed by atoms with Gasteiger partial charge in [0.15, 0.2) is 0 Å². The van der Waals surface area contributed by atoms with Gasteiger partial charge in [0.05, 0.1) is 0 Å². The second kappa shape index (κ2) is 9.43. The Morgan fingerprint density at radius 2 is 2.09 bits per heavy atom. The predicted molar refractivity (Wildman–Crippen MR) is 66.1 cm³/mol. The SMILES string of the molecule is CB(O)NC(P)C(=O)O.II. The fourth-order valence-corrected chi connectivity index (χ4v) is 0.610. The molecule has 0 aliphatic rings. The molecule has 2 atom stereocenters. The average Bonchev–Trinajstić information content (AvgIpc) is 1.90. The molecule has 0 aromatic heterocycles. The Morgan fingerprint density at radius 1 is 1.73 bits per heavy atom. The molecule has 0 rings (SSSR count). The maximum atomic E-state index is 10.0. The first-order valence-electron chi connectivity index (χ1n) is 2.61. The van der Waals surface area contributed by atoms with Crippen LogP contribution in [0, 0.1) is 0 Å². The van der Waals surface area contributed by atoms with Crippen molar-refractivity contribution in [1.29, 1.82) is 0 Å². The van der Waals surface area contributed by atoms with E-state index in [4.69, 9.17) is 10.1 Å². The predicted octanol–water partition coefficient (Wildman–Crippen LogP) is 0.743. The van der Waals surface area contributed by atoms with Crippen molar-refractivity contribution in [3.05, 3.63) is 0 Å². The van der Waals surface area contributed by atoms with Crippen LogP contribution in [0.4, 0.5) is 0 Å². The Kier molecular flexibility index (Phi) is 12.7. The maximum absolute atomic E-state index is 10.0. The molecule has 0 aromatic carbocycles. The molecule has 0 amide bonds. The second-order valence-electron chi connectivity index (χ2n) is 1.66. The van der Waals surface area contributed by atoms with Gasteiger partial charge in [-0.15, -0.1) is 9.24 Å². The Balaban J connectivity index is 0. The topological polar surface area (TPSA) is 69.6 Å². The summed E-state index contributed by atoms with van der Waals surface area (Å²) < 4.78 is 0. The third-order valence-electron chi connectivity index (χ3n) is 0.687. The van der Waals surface area contributed by atoms with E-state index in [-0.39, 0.29) is 0 Å². The number of nitrogens with one attached hydrogen (secondary N) is 1. The summed E-state index contributed by atoms with van der Waals surface area (Å²) in [6.07, 6.45) is 0. The number of halogens is 2. The molecule has 0 aliphatic heterocycles. The van der Waals surface area contributed by atoms with E-state index in [0.29, 0.717) is 0 Å². The van der Waals surface area contributed by atoms with Crippen molar-refractivity contribution in [2.45, 2.75) is 12.6 Å². The highest BCUT2D eigenvalue weighted by Crippen LogP contribution is 1.93. The highest BCUT2D eigenvalue weighted by atomic mass is 128. The van der Waals surface area contributed by atoms with E-state index >= 15 is 0 Å². The number of carboxylic acid groups (broad SMARTS) is 1. The van der Waals surface area contributed by atoms with E-state index in [2.05, 4.69) is 42.5 Å². The third-order valence-corrected chi connectivity index (χ3v) is 1.16. The number of hydrogen-bond donors (Lipinski definition) is 3. The molecule has 11 heavy (non-hydrogen) atoms. The standard InChI is InChI=1S/C3H9BNO3P.I2/c1-4(8)5-2(9)3(6)7;1-2/h2,5,8H,9H2,1H3,(H,6,7);. The molecule has 0 saturated heterocycles. The van der Waals surface area contributed by atoms with Gasteiger partial charge < -0.3 is 15.4 Å². The maximum Gasteiger partial charge on any atom is 0.374 e. The van der Waals surface area contributed by atoms with E-state index in [1.165, 1.54) is 6.82 Å². The summed E-state index contributed by atoms with van der Waals surface area (Å²) in [5, 5.41) is 19.2. The molecule has 0 spiro atoms. The van der Waals surface area contributed by atoms with Crippen molar-refractivity contribution in [1.82, 2.24) is 5.23 Å². The number of aliphatic carboxylic acids is 1. The Labute approximate surface area is 91.5 Å². The fraction of sp³-hybridized carbons (Fsp3) is 0.667. The first kappa shape index (κ1) is 14.8. The number of carboxylic acids is 1. The van der Waals surface area contributed by atoms with Crippen molar-refractivity contribution in [3.63, 3.8) is 0 Å². The lowest BCUT2D eigenvalue weighted by Crippen LogP contribution is -2.40. The quantitative estimate of drug-likeness (QED) is 0.370. The summed E-state index contributed by atoms with van der Waals surface area (Å²) in [5.74, 6) is -1.77. The molecule has 0 radical (unpaired) electrons. The fourth-order valence-electron chi connectivity index (χ4n) is 0.331. The highest BCUT2D eigenvalue weighted by Gasteiger charge is 2.13. The molecule has 8 heteroatoms. The molecule has 3 N–H and O–H groups in total.